The molecule has 0 radical (unpaired) electrons. The highest BCUT2D eigenvalue weighted by atomic mass is 16.5. The van der Waals surface area contributed by atoms with Gasteiger partial charge in [0.15, 0.2) is 0 Å². The van der Waals surface area contributed by atoms with Crippen molar-refractivity contribution in [1.29, 1.82) is 0 Å². The third-order valence-electron chi connectivity index (χ3n) is 16.5. The number of hydrogen-bond acceptors (Lipinski definition) is 35. The lowest BCUT2D eigenvalue weighted by Crippen LogP contribution is -2.40. The molecule has 0 aliphatic heterocycles. The summed E-state index contributed by atoms with van der Waals surface area (Å²) in [5, 5.41) is 113. The summed E-state index contributed by atoms with van der Waals surface area (Å²) >= 11 is 0. The van der Waals surface area contributed by atoms with Crippen LogP contribution in [-0.2, 0) is 47.7 Å². The molecule has 35 heteroatoms. The van der Waals surface area contributed by atoms with Crippen LogP contribution in [0.15, 0.2) is 0 Å². The van der Waals surface area contributed by atoms with Crippen molar-refractivity contribution in [2.45, 2.75) is 188 Å². The Kier molecular flexibility index (Phi) is 143. The zero-order chi connectivity index (χ0) is 98.1. The lowest BCUT2D eigenvalue weighted by Gasteiger charge is -2.25. The average Bonchev–Trinajstić information content (AvgIpc) is 0.951. The van der Waals surface area contributed by atoms with E-state index in [1.807, 2.05) is 61.9 Å². The van der Waals surface area contributed by atoms with Crippen LogP contribution < -0.4 is 0 Å². The number of esters is 1. The van der Waals surface area contributed by atoms with Crippen LogP contribution >= 0.6 is 0 Å². The number of Topliss-reactive ketones (excluding diaryl/α,β-unsaturated/α-hetero) is 4. The number of nitrogens with zero attached hydrogens (tertiary/aromatic N) is 12. The molecule has 0 aliphatic carbocycles. The highest BCUT2D eigenvalue weighted by molar-refractivity contribution is 5.78. The van der Waals surface area contributed by atoms with E-state index in [9.17, 15) is 24.0 Å². The molecule has 0 heterocycles. The normalized spacial score (nSPS) is 11.6. The van der Waals surface area contributed by atoms with Gasteiger partial charge in [-0.1, -0.05) is 94.4 Å². The van der Waals surface area contributed by atoms with Crippen molar-refractivity contribution < 1.29 is 114 Å². The summed E-state index contributed by atoms with van der Waals surface area (Å²) in [6.07, 6.45) is 3.03. The van der Waals surface area contributed by atoms with Gasteiger partial charge in [0.25, 0.3) is 0 Å². The molecule has 0 rings (SSSR count). The van der Waals surface area contributed by atoms with Gasteiger partial charge >= 0.3 is 5.97 Å². The molecule has 0 bridgehead atoms. The van der Waals surface area contributed by atoms with E-state index in [-0.39, 0.29) is 82.8 Å². The van der Waals surface area contributed by atoms with Gasteiger partial charge in [0, 0.05) is 112 Å². The minimum Gasteiger partial charge on any atom is -0.468 e. The number of carbonyl (C=O) groups is 5. The quantitative estimate of drug-likeness (QED) is 0.0230. The first kappa shape index (κ1) is 146. The monoisotopic (exact) mass is 1810 g/mol. The third kappa shape index (κ3) is 153. The van der Waals surface area contributed by atoms with Gasteiger partial charge in [-0.2, -0.15) is 0 Å². The van der Waals surface area contributed by atoms with Gasteiger partial charge in [0.05, 0.1) is 157 Å². The van der Waals surface area contributed by atoms with Crippen molar-refractivity contribution in [3.05, 3.63) is 0 Å². The minimum atomic E-state index is -0.433. The largest absolute Gasteiger partial charge is 0.468 e. The second kappa shape index (κ2) is 122. The van der Waals surface area contributed by atoms with Gasteiger partial charge in [0.1, 0.15) is 29.7 Å². The molecule has 0 aromatic heterocycles. The van der Waals surface area contributed by atoms with Crippen LogP contribution in [-0.4, -0.2) is 537 Å². The van der Waals surface area contributed by atoms with Crippen LogP contribution in [0, 0.1) is 11.8 Å². The van der Waals surface area contributed by atoms with Crippen LogP contribution in [0.2, 0.25) is 0 Å². The summed E-state index contributed by atoms with van der Waals surface area (Å²) in [5.74, 6) is 6.90. The van der Waals surface area contributed by atoms with Gasteiger partial charge < -0.3 is 119 Å². The Balaban J connectivity index is -0.000000111. The van der Waals surface area contributed by atoms with Crippen molar-refractivity contribution in [3.8, 4) is 11.8 Å². The Hall–Kier alpha value is -3.45. The van der Waals surface area contributed by atoms with Crippen molar-refractivity contribution in [2.24, 2.45) is 0 Å². The summed E-state index contributed by atoms with van der Waals surface area (Å²) in [6, 6.07) is 0. The van der Waals surface area contributed by atoms with Crippen LogP contribution in [0.4, 0.5) is 0 Å². The summed E-state index contributed by atoms with van der Waals surface area (Å²) < 4.78 is 24.6. The lowest BCUT2D eigenvalue weighted by atomic mass is 10.2. The molecule has 0 fully saturated rings. The Morgan fingerprint density at radius 1 is 0.298 bits per heavy atom. The molecule has 0 aromatic rings. The van der Waals surface area contributed by atoms with Gasteiger partial charge in [-0.25, -0.2) is 0 Å². The van der Waals surface area contributed by atoms with E-state index in [0.29, 0.717) is 143 Å². The number of methoxy groups -OCH3 is 2. The third-order valence-corrected chi connectivity index (χ3v) is 16.5. The van der Waals surface area contributed by atoms with Crippen LogP contribution in [0.1, 0.15) is 164 Å². The Morgan fingerprint density at radius 2 is 0.629 bits per heavy atom. The predicted octanol–water partition coefficient (Wildman–Crippen LogP) is 1.09. The summed E-state index contributed by atoms with van der Waals surface area (Å²) in [6.45, 7) is 65.2. The number of aliphatic hydroxyl groups excluding tert-OH is 13. The molecule has 124 heavy (non-hydrogen) atoms. The number of ketones is 4. The first-order valence-corrected chi connectivity index (χ1v) is 45.1. The number of hydrogen-bond donors (Lipinski definition) is 13. The second-order valence-electron chi connectivity index (χ2n) is 29.6. The topological polar surface area (TPSA) is 433 Å². The Labute approximate surface area is 757 Å². The van der Waals surface area contributed by atoms with Gasteiger partial charge in [0.2, 0.25) is 0 Å². The molecule has 0 aromatic carbocycles. The summed E-state index contributed by atoms with van der Waals surface area (Å²) in [5.41, 5.74) is 0. The predicted molar refractivity (Wildman–Crippen MR) is 506 cm³/mol. The highest BCUT2D eigenvalue weighted by Gasteiger charge is 2.14. The average molecular weight is 1810 g/mol. The zero-order valence-electron chi connectivity index (χ0n) is 84.1. The van der Waals surface area contributed by atoms with E-state index in [1.54, 1.807) is 72.3 Å². The Morgan fingerprint density at radius 3 is 0.903 bits per heavy atom. The van der Waals surface area contributed by atoms with E-state index >= 15 is 0 Å². The van der Waals surface area contributed by atoms with Gasteiger partial charge in [-0.15, -0.1) is 0 Å². The fraction of sp³-hybridized carbons (Fsp3) is 0.921. The van der Waals surface area contributed by atoms with Crippen molar-refractivity contribution >= 4 is 29.1 Å². The van der Waals surface area contributed by atoms with Crippen LogP contribution in [0.25, 0.3) is 0 Å². The minimum absolute atomic E-state index is 0.0622. The fourth-order valence-corrected chi connectivity index (χ4v) is 9.78. The number of ether oxygens (including phenoxy) is 5. The number of rotatable bonds is 63. The molecule has 0 saturated heterocycles. The highest BCUT2D eigenvalue weighted by Crippen LogP contribution is 2.00. The van der Waals surface area contributed by atoms with Crippen molar-refractivity contribution in [3.63, 3.8) is 0 Å². The molecule has 35 nitrogen and oxygen atoms in total. The first-order chi connectivity index (χ1) is 58.7. The molecule has 754 valence electrons. The molecule has 0 amide bonds. The van der Waals surface area contributed by atoms with E-state index in [1.165, 1.54) is 7.11 Å². The second-order valence-corrected chi connectivity index (χ2v) is 29.6. The number of aliphatic hydroxyl groups is 13. The zero-order valence-corrected chi connectivity index (χ0v) is 84.1. The van der Waals surface area contributed by atoms with Crippen LogP contribution in [0.5, 0.6) is 0 Å². The SMILES string of the molecule is CC(=O)CN(C)C.CC(O)CN(CC(C)O)CC(C)O.CC(O)CN(CCO)CCO.CCCCN(CCO)CCO.CCN(CC)CC#CCOCCOC.CCN(CC)CC(C)=O.CCN(CC)CCC(C)=O.CCN(CC)CCCC(C)=O.CCN(CC)CCOCCO.CN(C)CCOCCO.COC(=O)CN(C)C.OCCN(CCO)CCO. The van der Waals surface area contributed by atoms with Crippen LogP contribution in [0.3, 0.4) is 0 Å². The molecule has 13 N–H and O–H groups in total. The van der Waals surface area contributed by atoms with Gasteiger partial charge in [-0.3, -0.25) is 53.5 Å². The van der Waals surface area contributed by atoms with E-state index in [0.717, 1.165) is 137 Å². The maximum atomic E-state index is 10.6. The maximum Gasteiger partial charge on any atom is 0.319 e. The van der Waals surface area contributed by atoms with Crippen molar-refractivity contribution in [1.82, 2.24) is 58.8 Å². The molecule has 4 unspecified atom stereocenters. The number of likely N-dealkylation sites (N-methyl/N-ethyl adjacent to an activating group) is 5. The van der Waals surface area contributed by atoms with E-state index in [2.05, 4.69) is 122 Å². The summed E-state index contributed by atoms with van der Waals surface area (Å²) in [7, 11) is 14.4. The van der Waals surface area contributed by atoms with E-state index < -0.39 is 24.4 Å². The summed E-state index contributed by atoms with van der Waals surface area (Å²) in [4.78, 5) is 76.6. The molecule has 0 spiro atoms. The Bertz CT molecular complexity index is 2070. The molecular formula is C89H200N12O23. The number of carbonyl (C=O) groups excluding carboxylic acids is 5. The van der Waals surface area contributed by atoms with Gasteiger partial charge in [-0.05, 0) is 189 Å². The smallest absolute Gasteiger partial charge is 0.319 e. The molecule has 4 atom stereocenters. The fourth-order valence-electron chi connectivity index (χ4n) is 9.78. The molecular weight excluding hydrogens is 1610 g/mol. The van der Waals surface area contributed by atoms with Crippen molar-refractivity contribution in [2.75, 3.05) is 359 Å². The standard InChI is InChI=1S/C11H21NO2.C9H21NO3.C9H19NO.2C8H19NO2.C8H17NO.C7H17NO3.C7H15NO.C6H15NO3.C6H15NO2.C5H11NO2.C5H11NO/c1-4-12(5-2)8-6-7-9-14-11-10-13-3;1-7(11)4-10(5-8(2)12)6-9(3)13;1-4-10(5-2)8-6-7-9(3)11;1-3-9(4-2)5-7-11-8-6-10;1-2-3-4-9(5-7-10)6-8-11;1-4-9(5-2)7-6-8(3)10;1-7(11)6-8(2-4-9)3-5-10;1-4-8(5-2)6-7(3)9;8-4-1-7(2-5-9)3-6-10;1-7(2)3-5-9-6-4-8;1-6(2)4-5(7)8-3;1-5(7)4-6(2)3/h4-5,8-11H2,1-3H3;7-9,11-13H,4-6H2,1-3H3;4-8H2,1-3H3;10H,3-8H2,1-2H3;10-11H,2-8H2,1H3;4-7H2,1-3H3;7,9-11H,2-6H2,1H3;4-6H2,1-3H3;8-10H,1-6H2;8H,3-6H2,1-2H3;4H2,1-3H3;4H2,1-3H3. The maximum absolute atomic E-state index is 10.6. The molecule has 0 saturated carbocycles. The first-order valence-electron chi connectivity index (χ1n) is 45.1. The number of unbranched alkanes of at least 4 members (excludes halogenated alkanes) is 1. The molecule has 0 aliphatic rings. The van der Waals surface area contributed by atoms with E-state index in [4.69, 9.17) is 85.3 Å². The lowest BCUT2D eigenvalue weighted by molar-refractivity contribution is -0.141.